The molecule has 0 heterocycles. The molecule has 2 N–H and O–H groups in total. The fraction of sp³-hybridized carbons (Fsp3) is 0.292. The molecule has 0 aromatic heterocycles. The number of nitrogens with one attached hydrogen (secondary N) is 2. The fourth-order valence-corrected chi connectivity index (χ4v) is 3.92. The normalized spacial score (nSPS) is 18.9. The van der Waals surface area contributed by atoms with Gasteiger partial charge in [0.1, 0.15) is 11.6 Å². The number of hydrogen-bond acceptors (Lipinski definition) is 2. The molecule has 0 bridgehead atoms. The van der Waals surface area contributed by atoms with Crippen LogP contribution in [0.3, 0.4) is 0 Å². The zero-order valence-corrected chi connectivity index (χ0v) is 16.5. The summed E-state index contributed by atoms with van der Waals surface area (Å²) in [6, 6.07) is 17.3. The summed E-state index contributed by atoms with van der Waals surface area (Å²) in [5.74, 6) is -1.18. The van der Waals surface area contributed by atoms with E-state index in [-0.39, 0.29) is 30.3 Å². The molecule has 0 atom stereocenters. The van der Waals surface area contributed by atoms with Crippen molar-refractivity contribution in [1.29, 1.82) is 0 Å². The van der Waals surface area contributed by atoms with E-state index < -0.39 is 11.6 Å². The minimum Gasteiger partial charge on any atom is -0.373 e. The summed E-state index contributed by atoms with van der Waals surface area (Å²) in [6.07, 6.45) is 2.91. The van der Waals surface area contributed by atoms with Crippen molar-refractivity contribution < 1.29 is 18.3 Å². The topological polar surface area (TPSA) is 50.4 Å². The number of urea groups is 1. The summed E-state index contributed by atoms with van der Waals surface area (Å²) in [5.41, 5.74) is 0.738. The van der Waals surface area contributed by atoms with Gasteiger partial charge in [-0.2, -0.15) is 0 Å². The number of fused-ring (bicyclic) bond motifs is 1. The maximum atomic E-state index is 13.7. The van der Waals surface area contributed by atoms with Crippen molar-refractivity contribution in [2.45, 2.75) is 44.4 Å². The van der Waals surface area contributed by atoms with E-state index in [1.165, 1.54) is 18.2 Å². The summed E-state index contributed by atoms with van der Waals surface area (Å²) < 4.78 is 33.1. The van der Waals surface area contributed by atoms with Crippen LogP contribution in [0.2, 0.25) is 0 Å². The molecule has 0 unspecified atom stereocenters. The Hall–Kier alpha value is -2.99. The zero-order valence-electron chi connectivity index (χ0n) is 16.5. The maximum Gasteiger partial charge on any atom is 0.319 e. The Labute approximate surface area is 174 Å². The lowest BCUT2D eigenvalue weighted by atomic mass is 9.93. The molecule has 0 spiro atoms. The Morgan fingerprint density at radius 3 is 2.33 bits per heavy atom. The molecule has 1 aliphatic carbocycles. The van der Waals surface area contributed by atoms with Gasteiger partial charge >= 0.3 is 6.03 Å². The predicted octanol–water partition coefficient (Wildman–Crippen LogP) is 5.77. The summed E-state index contributed by atoms with van der Waals surface area (Å²) >= 11 is 0. The van der Waals surface area contributed by atoms with E-state index in [2.05, 4.69) is 10.6 Å². The van der Waals surface area contributed by atoms with E-state index in [9.17, 15) is 13.6 Å². The highest BCUT2D eigenvalue weighted by atomic mass is 19.1. The summed E-state index contributed by atoms with van der Waals surface area (Å²) in [5, 5.41) is 8.02. The molecular formula is C24H24F2N2O2. The summed E-state index contributed by atoms with van der Waals surface area (Å²) in [4.78, 5) is 12.5. The standard InChI is InChI=1S/C24H24F2N2O2/c25-21-8-4-9-22(26)20(21)15-30-18-13-11-17(12-14-18)27-24(29)28-23-10-3-6-16-5-1-2-7-19(16)23/h1-10,17-18H,11-15H2,(H2,27,28,29). The van der Waals surface area contributed by atoms with Crippen molar-refractivity contribution in [2.24, 2.45) is 0 Å². The van der Waals surface area contributed by atoms with Crippen LogP contribution in [0.4, 0.5) is 19.3 Å². The molecular weight excluding hydrogens is 386 g/mol. The van der Waals surface area contributed by atoms with Gasteiger partial charge in [0.25, 0.3) is 0 Å². The van der Waals surface area contributed by atoms with Gasteiger partial charge in [0.15, 0.2) is 0 Å². The molecule has 1 aliphatic rings. The Kier molecular flexibility index (Phi) is 6.23. The smallest absolute Gasteiger partial charge is 0.319 e. The third-order valence-electron chi connectivity index (χ3n) is 5.57. The lowest BCUT2D eigenvalue weighted by Crippen LogP contribution is -2.41. The zero-order chi connectivity index (χ0) is 20.9. The number of ether oxygens (including phenoxy) is 1. The van der Waals surface area contributed by atoms with Gasteiger partial charge in [-0.3, -0.25) is 0 Å². The first kappa shape index (κ1) is 20.3. The van der Waals surface area contributed by atoms with E-state index in [1.807, 2.05) is 42.5 Å². The van der Waals surface area contributed by atoms with Gasteiger partial charge in [-0.1, -0.05) is 42.5 Å². The number of hydrogen-bond donors (Lipinski definition) is 2. The number of carbonyl (C=O) groups excluding carboxylic acids is 1. The Balaban J connectivity index is 1.26. The number of rotatable bonds is 5. The monoisotopic (exact) mass is 410 g/mol. The molecule has 4 rings (SSSR count). The lowest BCUT2D eigenvalue weighted by Gasteiger charge is -2.29. The van der Waals surface area contributed by atoms with Crippen LogP contribution in [0, 0.1) is 11.6 Å². The second-order valence-corrected chi connectivity index (χ2v) is 7.61. The maximum absolute atomic E-state index is 13.7. The van der Waals surface area contributed by atoms with Crippen LogP contribution in [0.25, 0.3) is 10.8 Å². The van der Waals surface area contributed by atoms with Crippen LogP contribution in [0.15, 0.2) is 60.7 Å². The molecule has 0 radical (unpaired) electrons. The lowest BCUT2D eigenvalue weighted by molar-refractivity contribution is 0.00964. The average molecular weight is 410 g/mol. The second kappa shape index (κ2) is 9.22. The van der Waals surface area contributed by atoms with Crippen LogP contribution >= 0.6 is 0 Å². The molecule has 1 fully saturated rings. The van der Waals surface area contributed by atoms with Crippen LogP contribution in [-0.4, -0.2) is 18.2 Å². The number of anilines is 1. The first-order valence-electron chi connectivity index (χ1n) is 10.2. The highest BCUT2D eigenvalue weighted by molar-refractivity contribution is 6.01. The first-order valence-corrected chi connectivity index (χ1v) is 10.2. The van der Waals surface area contributed by atoms with Crippen LogP contribution in [0.1, 0.15) is 31.2 Å². The fourth-order valence-electron chi connectivity index (χ4n) is 3.92. The van der Waals surface area contributed by atoms with Crippen molar-refractivity contribution in [3.05, 3.63) is 77.9 Å². The number of amides is 2. The SMILES string of the molecule is O=C(Nc1cccc2ccccc12)NC1CCC(OCc2c(F)cccc2F)CC1. The molecule has 3 aromatic carbocycles. The molecule has 6 heteroatoms. The van der Waals surface area contributed by atoms with Gasteiger partial charge in [-0.25, -0.2) is 13.6 Å². The highest BCUT2D eigenvalue weighted by Crippen LogP contribution is 2.25. The third kappa shape index (κ3) is 4.76. The van der Waals surface area contributed by atoms with Crippen molar-refractivity contribution >= 4 is 22.5 Å². The van der Waals surface area contributed by atoms with Crippen LogP contribution in [-0.2, 0) is 11.3 Å². The van der Waals surface area contributed by atoms with E-state index >= 15 is 0 Å². The third-order valence-corrected chi connectivity index (χ3v) is 5.57. The van der Waals surface area contributed by atoms with E-state index in [0.29, 0.717) is 0 Å². The van der Waals surface area contributed by atoms with E-state index in [0.717, 1.165) is 42.1 Å². The quantitative estimate of drug-likeness (QED) is 0.561. The largest absolute Gasteiger partial charge is 0.373 e. The molecule has 30 heavy (non-hydrogen) atoms. The van der Waals surface area contributed by atoms with E-state index in [4.69, 9.17) is 4.74 Å². The summed E-state index contributed by atoms with van der Waals surface area (Å²) in [6.45, 7) is -0.0805. The van der Waals surface area contributed by atoms with Gasteiger partial charge in [-0.15, -0.1) is 0 Å². The van der Waals surface area contributed by atoms with Crippen molar-refractivity contribution in [3.63, 3.8) is 0 Å². The van der Waals surface area contributed by atoms with Gasteiger partial charge in [0, 0.05) is 17.0 Å². The minimum atomic E-state index is -0.588. The minimum absolute atomic E-state index is 0.0350. The first-order chi connectivity index (χ1) is 14.6. The molecule has 4 nitrogen and oxygen atoms in total. The van der Waals surface area contributed by atoms with Crippen molar-refractivity contribution in [3.8, 4) is 0 Å². The second-order valence-electron chi connectivity index (χ2n) is 7.61. The molecule has 0 saturated heterocycles. The van der Waals surface area contributed by atoms with Gasteiger partial charge < -0.3 is 15.4 Å². The predicted molar refractivity (Wildman–Crippen MR) is 113 cm³/mol. The molecule has 156 valence electrons. The van der Waals surface area contributed by atoms with Crippen LogP contribution < -0.4 is 10.6 Å². The number of carbonyl (C=O) groups is 1. The van der Waals surface area contributed by atoms with Crippen molar-refractivity contribution in [1.82, 2.24) is 5.32 Å². The highest BCUT2D eigenvalue weighted by Gasteiger charge is 2.24. The molecule has 2 amide bonds. The van der Waals surface area contributed by atoms with Crippen LogP contribution in [0.5, 0.6) is 0 Å². The molecule has 3 aromatic rings. The van der Waals surface area contributed by atoms with Gasteiger partial charge in [-0.05, 0) is 49.3 Å². The molecule has 0 aliphatic heterocycles. The number of halogens is 2. The van der Waals surface area contributed by atoms with Crippen molar-refractivity contribution in [2.75, 3.05) is 5.32 Å². The Morgan fingerprint density at radius 1 is 0.900 bits per heavy atom. The van der Waals surface area contributed by atoms with E-state index in [1.54, 1.807) is 0 Å². The Bertz CT molecular complexity index is 1010. The van der Waals surface area contributed by atoms with Gasteiger partial charge in [0.2, 0.25) is 0 Å². The average Bonchev–Trinajstić information content (AvgIpc) is 2.75. The number of benzene rings is 3. The van der Waals surface area contributed by atoms with Gasteiger partial charge in [0.05, 0.1) is 18.4 Å². The molecule has 1 saturated carbocycles. The summed E-state index contributed by atoms with van der Waals surface area (Å²) in [7, 11) is 0. The Morgan fingerprint density at radius 2 is 1.57 bits per heavy atom.